The maximum absolute atomic E-state index is 14.1. The maximum Gasteiger partial charge on any atom is 0.256 e. The molecule has 1 amide bonds. The van der Waals surface area contributed by atoms with E-state index in [1.165, 1.54) is 17.2 Å². The second-order valence-electron chi connectivity index (χ2n) is 7.52. The van der Waals surface area contributed by atoms with E-state index in [4.69, 9.17) is 4.74 Å². The molecule has 0 bridgehead atoms. The van der Waals surface area contributed by atoms with E-state index in [1.807, 2.05) is 24.3 Å². The Morgan fingerprint density at radius 1 is 0.970 bits per heavy atom. The van der Waals surface area contributed by atoms with Gasteiger partial charge >= 0.3 is 0 Å². The number of hydrogen-bond donors (Lipinski definition) is 0. The minimum Gasteiger partial charge on any atom is -0.377 e. The van der Waals surface area contributed by atoms with Crippen molar-refractivity contribution in [3.8, 4) is 11.4 Å². The van der Waals surface area contributed by atoms with Gasteiger partial charge in [-0.25, -0.2) is 8.78 Å². The van der Waals surface area contributed by atoms with Crippen LogP contribution in [0.25, 0.3) is 11.4 Å². The Morgan fingerprint density at radius 2 is 1.67 bits per heavy atom. The maximum atomic E-state index is 14.1. The fourth-order valence-electron chi connectivity index (χ4n) is 3.89. The van der Waals surface area contributed by atoms with Crippen molar-refractivity contribution in [1.29, 1.82) is 0 Å². The van der Waals surface area contributed by atoms with Crippen LogP contribution in [-0.2, 0) is 11.2 Å². The number of hydrogen-bond acceptors (Lipinski definition) is 6. The SMILES string of the molecule is O=C(c1cc(F)c(F)cc1-n1nccn1)N1CCOCC1Cc1cccc(-n2nccn2)c1. The van der Waals surface area contributed by atoms with Crippen LogP contribution in [-0.4, -0.2) is 66.6 Å². The average Bonchev–Trinajstić information content (AvgIpc) is 3.55. The molecule has 1 atom stereocenters. The number of carbonyl (C=O) groups excluding carboxylic acids is 1. The van der Waals surface area contributed by atoms with Gasteiger partial charge in [0.25, 0.3) is 5.91 Å². The van der Waals surface area contributed by atoms with E-state index in [0.717, 1.165) is 28.2 Å². The van der Waals surface area contributed by atoms with Gasteiger partial charge in [-0.3, -0.25) is 4.79 Å². The van der Waals surface area contributed by atoms with Crippen molar-refractivity contribution in [2.75, 3.05) is 19.8 Å². The molecule has 0 aliphatic carbocycles. The van der Waals surface area contributed by atoms with Crippen LogP contribution in [0.15, 0.2) is 61.2 Å². The molecule has 33 heavy (non-hydrogen) atoms. The van der Waals surface area contributed by atoms with Crippen molar-refractivity contribution in [2.45, 2.75) is 12.5 Å². The summed E-state index contributed by atoms with van der Waals surface area (Å²) in [5.41, 5.74) is 1.80. The highest BCUT2D eigenvalue weighted by atomic mass is 19.2. The molecule has 11 heteroatoms. The molecule has 1 saturated heterocycles. The summed E-state index contributed by atoms with van der Waals surface area (Å²) in [6, 6.07) is 9.17. The van der Waals surface area contributed by atoms with E-state index < -0.39 is 17.5 Å². The molecular weight excluding hydrogens is 432 g/mol. The van der Waals surface area contributed by atoms with E-state index in [2.05, 4.69) is 20.4 Å². The first-order valence-corrected chi connectivity index (χ1v) is 10.3. The van der Waals surface area contributed by atoms with Crippen molar-refractivity contribution >= 4 is 5.91 Å². The van der Waals surface area contributed by atoms with Crippen molar-refractivity contribution in [2.24, 2.45) is 0 Å². The van der Waals surface area contributed by atoms with Gasteiger partial charge in [0, 0.05) is 12.6 Å². The summed E-state index contributed by atoms with van der Waals surface area (Å²) in [7, 11) is 0. The monoisotopic (exact) mass is 451 g/mol. The minimum atomic E-state index is -1.11. The molecule has 0 N–H and O–H groups in total. The van der Waals surface area contributed by atoms with Crippen LogP contribution < -0.4 is 0 Å². The second kappa shape index (κ2) is 8.87. The molecule has 1 aliphatic heterocycles. The first-order chi connectivity index (χ1) is 16.1. The van der Waals surface area contributed by atoms with Crippen molar-refractivity contribution < 1.29 is 18.3 Å². The van der Waals surface area contributed by atoms with Crippen LogP contribution in [0.4, 0.5) is 8.78 Å². The molecule has 168 valence electrons. The summed E-state index contributed by atoms with van der Waals surface area (Å²) in [6.45, 7) is 0.975. The van der Waals surface area contributed by atoms with Crippen molar-refractivity contribution in [3.63, 3.8) is 0 Å². The molecule has 1 unspecified atom stereocenters. The van der Waals surface area contributed by atoms with Gasteiger partial charge in [-0.05, 0) is 30.2 Å². The lowest BCUT2D eigenvalue weighted by Crippen LogP contribution is -2.50. The number of morpholine rings is 1. The summed E-state index contributed by atoms with van der Waals surface area (Å²) in [4.78, 5) is 17.8. The Bertz CT molecular complexity index is 1260. The number of ether oxygens (including phenoxy) is 1. The molecular formula is C22H19F2N7O2. The fourth-order valence-corrected chi connectivity index (χ4v) is 3.89. The molecule has 3 heterocycles. The zero-order valence-electron chi connectivity index (χ0n) is 17.4. The number of carbonyl (C=O) groups is 1. The van der Waals surface area contributed by atoms with Gasteiger partial charge in [0.1, 0.15) is 5.69 Å². The summed E-state index contributed by atoms with van der Waals surface area (Å²) >= 11 is 0. The third kappa shape index (κ3) is 4.22. The topological polar surface area (TPSA) is 91.0 Å². The zero-order valence-corrected chi connectivity index (χ0v) is 17.4. The molecule has 1 aliphatic rings. The molecule has 4 aromatic rings. The lowest BCUT2D eigenvalue weighted by atomic mass is 10.0. The lowest BCUT2D eigenvalue weighted by Gasteiger charge is -2.36. The summed E-state index contributed by atoms with van der Waals surface area (Å²) in [5.74, 6) is -2.64. The van der Waals surface area contributed by atoms with Gasteiger partial charge in [-0.2, -0.15) is 30.0 Å². The molecule has 0 radical (unpaired) electrons. The van der Waals surface area contributed by atoms with Crippen LogP contribution in [0.5, 0.6) is 0 Å². The van der Waals surface area contributed by atoms with Crippen LogP contribution in [0.3, 0.4) is 0 Å². The Kier molecular flexibility index (Phi) is 5.61. The Hall–Kier alpha value is -3.99. The van der Waals surface area contributed by atoms with Gasteiger partial charge < -0.3 is 9.64 Å². The third-order valence-corrected chi connectivity index (χ3v) is 5.42. The number of rotatable bonds is 5. The molecule has 2 aromatic heterocycles. The fraction of sp³-hybridized carbons (Fsp3) is 0.227. The summed E-state index contributed by atoms with van der Waals surface area (Å²) in [5, 5.41) is 16.2. The Morgan fingerprint density at radius 3 is 2.42 bits per heavy atom. The number of benzene rings is 2. The van der Waals surface area contributed by atoms with Gasteiger partial charge in [0.15, 0.2) is 11.6 Å². The van der Waals surface area contributed by atoms with Crippen LogP contribution in [0.1, 0.15) is 15.9 Å². The van der Waals surface area contributed by atoms with E-state index in [0.29, 0.717) is 26.2 Å². The Labute approximate surface area is 187 Å². The van der Waals surface area contributed by atoms with Gasteiger partial charge in [-0.1, -0.05) is 12.1 Å². The largest absolute Gasteiger partial charge is 0.377 e. The van der Waals surface area contributed by atoms with E-state index in [9.17, 15) is 13.6 Å². The summed E-state index contributed by atoms with van der Waals surface area (Å²) in [6.07, 6.45) is 6.48. The first-order valence-electron chi connectivity index (χ1n) is 10.3. The predicted molar refractivity (Wildman–Crippen MR) is 112 cm³/mol. The quantitative estimate of drug-likeness (QED) is 0.462. The number of amides is 1. The second-order valence-corrected chi connectivity index (χ2v) is 7.52. The molecule has 1 fully saturated rings. The summed E-state index contributed by atoms with van der Waals surface area (Å²) < 4.78 is 33.7. The highest BCUT2D eigenvalue weighted by molar-refractivity contribution is 5.98. The average molecular weight is 451 g/mol. The smallest absolute Gasteiger partial charge is 0.256 e. The number of aromatic nitrogens is 6. The highest BCUT2D eigenvalue weighted by Gasteiger charge is 2.31. The van der Waals surface area contributed by atoms with Crippen molar-refractivity contribution in [1.82, 2.24) is 34.9 Å². The third-order valence-electron chi connectivity index (χ3n) is 5.42. The minimum absolute atomic E-state index is 0.0218. The van der Waals surface area contributed by atoms with E-state index >= 15 is 0 Å². The van der Waals surface area contributed by atoms with Gasteiger partial charge in [0.05, 0.1) is 55.3 Å². The number of halogens is 2. The standard InChI is InChI=1S/C22H19F2N7O2/c23-19-12-18(21(13-20(19)24)31-27-6-7-28-31)22(32)29-8-9-33-14-17(29)11-15-2-1-3-16(10-15)30-25-4-5-26-30/h1-7,10,12-13,17H,8-9,11,14H2. The molecule has 5 rings (SSSR count). The Balaban J connectivity index is 1.45. The first kappa shape index (κ1) is 20.9. The van der Waals surface area contributed by atoms with Crippen LogP contribution >= 0.6 is 0 Å². The van der Waals surface area contributed by atoms with E-state index in [-0.39, 0.29) is 17.3 Å². The van der Waals surface area contributed by atoms with Gasteiger partial charge in [-0.15, -0.1) is 0 Å². The predicted octanol–water partition coefficient (Wildman–Crippen LogP) is 2.21. The zero-order chi connectivity index (χ0) is 22.8. The molecule has 2 aromatic carbocycles. The molecule has 0 saturated carbocycles. The lowest BCUT2D eigenvalue weighted by molar-refractivity contribution is -0.00167. The van der Waals surface area contributed by atoms with Crippen LogP contribution in [0.2, 0.25) is 0 Å². The molecule has 9 nitrogen and oxygen atoms in total. The van der Waals surface area contributed by atoms with Crippen LogP contribution in [0, 0.1) is 11.6 Å². The highest BCUT2D eigenvalue weighted by Crippen LogP contribution is 2.23. The normalized spacial score (nSPS) is 16.2. The van der Waals surface area contributed by atoms with E-state index in [1.54, 1.807) is 17.3 Å². The number of nitrogens with zero attached hydrogens (tertiary/aromatic N) is 7. The van der Waals surface area contributed by atoms with Gasteiger partial charge in [0.2, 0.25) is 0 Å². The van der Waals surface area contributed by atoms with Crippen molar-refractivity contribution in [3.05, 3.63) is 83.9 Å². The molecule has 0 spiro atoms.